The Labute approximate surface area is 187 Å². The molecule has 0 amide bonds. The quantitative estimate of drug-likeness (QED) is 0.579. The number of halogens is 1. The van der Waals surface area contributed by atoms with E-state index in [4.69, 9.17) is 4.74 Å². The molecule has 1 saturated heterocycles. The highest BCUT2D eigenvalue weighted by molar-refractivity contribution is 7.89. The molecule has 7 nitrogen and oxygen atoms in total. The lowest BCUT2D eigenvalue weighted by molar-refractivity contribution is 0.305. The summed E-state index contributed by atoms with van der Waals surface area (Å²) >= 11 is 0. The van der Waals surface area contributed by atoms with Gasteiger partial charge in [0.2, 0.25) is 15.9 Å². The molecular weight excluding hydrogens is 431 g/mol. The maximum Gasteiger partial charge on any atom is 0.243 e. The number of hydrogen-bond acceptors (Lipinski definition) is 6. The van der Waals surface area contributed by atoms with Crippen molar-refractivity contribution in [3.8, 4) is 11.6 Å². The van der Waals surface area contributed by atoms with Gasteiger partial charge in [-0.25, -0.2) is 22.8 Å². The van der Waals surface area contributed by atoms with Crippen molar-refractivity contribution in [2.45, 2.75) is 31.7 Å². The Morgan fingerprint density at radius 2 is 1.72 bits per heavy atom. The Kier molecular flexibility index (Phi) is 6.12. The Hall–Kier alpha value is -3.04. The third kappa shape index (κ3) is 4.58. The van der Waals surface area contributed by atoms with Crippen molar-refractivity contribution in [1.29, 1.82) is 0 Å². The standard InChI is InChI=1S/C23H25FN4O3S/c1-16-4-7-19(8-5-16)32(29,30)28-11-10-27(14-18(28)3)22-13-23(26-15-25-22)31-21-12-17(2)6-9-20(21)24/h4-9,12-13,15,18H,10-11,14H2,1-3H3/t18-/m0/s1. The molecule has 0 N–H and O–H groups in total. The van der Waals surface area contributed by atoms with E-state index in [1.807, 2.05) is 25.7 Å². The van der Waals surface area contributed by atoms with Crippen LogP contribution in [0.2, 0.25) is 0 Å². The van der Waals surface area contributed by atoms with E-state index in [1.165, 1.54) is 16.7 Å². The van der Waals surface area contributed by atoms with Crippen molar-refractivity contribution in [3.63, 3.8) is 0 Å². The molecule has 1 aromatic heterocycles. The molecule has 0 unspecified atom stereocenters. The molecule has 0 bridgehead atoms. The van der Waals surface area contributed by atoms with Gasteiger partial charge in [-0.3, -0.25) is 0 Å². The predicted molar refractivity (Wildman–Crippen MR) is 120 cm³/mol. The van der Waals surface area contributed by atoms with E-state index >= 15 is 0 Å². The van der Waals surface area contributed by atoms with E-state index in [0.29, 0.717) is 30.3 Å². The highest BCUT2D eigenvalue weighted by Gasteiger charge is 2.34. The van der Waals surface area contributed by atoms with Crippen LogP contribution in [0, 0.1) is 19.7 Å². The van der Waals surface area contributed by atoms with Crippen LogP contribution < -0.4 is 9.64 Å². The average Bonchev–Trinajstić information content (AvgIpc) is 2.76. The molecule has 1 fully saturated rings. The summed E-state index contributed by atoms with van der Waals surface area (Å²) in [5, 5.41) is 0. The summed E-state index contributed by atoms with van der Waals surface area (Å²) in [5.41, 5.74) is 1.88. The number of rotatable bonds is 5. The van der Waals surface area contributed by atoms with Crippen molar-refractivity contribution >= 4 is 15.8 Å². The minimum Gasteiger partial charge on any atom is -0.436 e. The second kappa shape index (κ2) is 8.84. The molecule has 0 spiro atoms. The van der Waals surface area contributed by atoms with E-state index in [-0.39, 0.29) is 17.7 Å². The Bertz CT molecular complexity index is 1220. The molecule has 32 heavy (non-hydrogen) atoms. The van der Waals surface area contributed by atoms with E-state index < -0.39 is 15.8 Å². The predicted octanol–water partition coefficient (Wildman–Crippen LogP) is 3.92. The molecule has 1 aliphatic heterocycles. The van der Waals surface area contributed by atoms with Gasteiger partial charge >= 0.3 is 0 Å². The van der Waals surface area contributed by atoms with Crippen LogP contribution in [0.15, 0.2) is 59.8 Å². The zero-order valence-electron chi connectivity index (χ0n) is 18.2. The molecule has 0 aliphatic carbocycles. The van der Waals surface area contributed by atoms with Crippen LogP contribution in [-0.4, -0.2) is 48.4 Å². The largest absolute Gasteiger partial charge is 0.436 e. The van der Waals surface area contributed by atoms with Crippen LogP contribution in [0.1, 0.15) is 18.1 Å². The summed E-state index contributed by atoms with van der Waals surface area (Å²) in [6.45, 7) is 6.89. The normalized spacial score (nSPS) is 17.4. The van der Waals surface area contributed by atoms with E-state index in [0.717, 1.165) is 11.1 Å². The molecule has 2 aromatic carbocycles. The van der Waals surface area contributed by atoms with Crippen LogP contribution >= 0.6 is 0 Å². The number of ether oxygens (including phenoxy) is 1. The van der Waals surface area contributed by atoms with Crippen LogP contribution in [0.5, 0.6) is 11.6 Å². The van der Waals surface area contributed by atoms with Gasteiger partial charge in [0.1, 0.15) is 12.1 Å². The molecule has 9 heteroatoms. The summed E-state index contributed by atoms with van der Waals surface area (Å²) in [6.07, 6.45) is 1.36. The maximum atomic E-state index is 14.0. The van der Waals surface area contributed by atoms with Gasteiger partial charge in [0.15, 0.2) is 11.6 Å². The van der Waals surface area contributed by atoms with E-state index in [1.54, 1.807) is 42.5 Å². The number of aromatic nitrogens is 2. The van der Waals surface area contributed by atoms with Crippen molar-refractivity contribution in [2.75, 3.05) is 24.5 Å². The molecule has 1 atom stereocenters. The topological polar surface area (TPSA) is 75.6 Å². The minimum absolute atomic E-state index is 0.0945. The number of anilines is 1. The molecule has 0 saturated carbocycles. The second-order valence-corrected chi connectivity index (χ2v) is 9.86. The van der Waals surface area contributed by atoms with Gasteiger partial charge in [-0.05, 0) is 50.6 Å². The smallest absolute Gasteiger partial charge is 0.243 e. The van der Waals surface area contributed by atoms with Crippen molar-refractivity contribution in [1.82, 2.24) is 14.3 Å². The fourth-order valence-corrected chi connectivity index (χ4v) is 5.33. The van der Waals surface area contributed by atoms with Crippen molar-refractivity contribution in [3.05, 3.63) is 71.8 Å². The van der Waals surface area contributed by atoms with Gasteiger partial charge in [0.05, 0.1) is 4.90 Å². The monoisotopic (exact) mass is 456 g/mol. The highest BCUT2D eigenvalue weighted by atomic mass is 32.2. The Balaban J connectivity index is 1.49. The summed E-state index contributed by atoms with van der Waals surface area (Å²) in [5.74, 6) is 0.445. The summed E-state index contributed by atoms with van der Waals surface area (Å²) < 4.78 is 47.4. The minimum atomic E-state index is -3.58. The first-order chi connectivity index (χ1) is 15.2. The van der Waals surface area contributed by atoms with E-state index in [9.17, 15) is 12.8 Å². The van der Waals surface area contributed by atoms with E-state index in [2.05, 4.69) is 9.97 Å². The fourth-order valence-electron chi connectivity index (χ4n) is 3.71. The molecule has 2 heterocycles. The summed E-state index contributed by atoms with van der Waals surface area (Å²) in [4.78, 5) is 10.7. The van der Waals surface area contributed by atoms with Crippen LogP contribution in [-0.2, 0) is 10.0 Å². The Morgan fingerprint density at radius 1 is 1.00 bits per heavy atom. The van der Waals surface area contributed by atoms with Gasteiger partial charge in [0, 0.05) is 31.7 Å². The highest BCUT2D eigenvalue weighted by Crippen LogP contribution is 2.28. The van der Waals surface area contributed by atoms with Gasteiger partial charge in [-0.15, -0.1) is 0 Å². The lowest BCUT2D eigenvalue weighted by atomic mass is 10.2. The third-order valence-corrected chi connectivity index (χ3v) is 7.47. The van der Waals surface area contributed by atoms with Crippen LogP contribution in [0.3, 0.4) is 0 Å². The van der Waals surface area contributed by atoms with Crippen LogP contribution in [0.25, 0.3) is 0 Å². The number of sulfonamides is 1. The first kappa shape index (κ1) is 22.2. The SMILES string of the molecule is Cc1ccc(S(=O)(=O)N2CCN(c3cc(Oc4cc(C)ccc4F)ncn3)C[C@@H]2C)cc1. The zero-order valence-corrected chi connectivity index (χ0v) is 19.0. The third-order valence-electron chi connectivity index (χ3n) is 5.45. The average molecular weight is 457 g/mol. The van der Waals surface area contributed by atoms with Crippen molar-refractivity contribution in [2.24, 2.45) is 0 Å². The van der Waals surface area contributed by atoms with Crippen molar-refractivity contribution < 1.29 is 17.5 Å². The maximum absolute atomic E-state index is 14.0. The lowest BCUT2D eigenvalue weighted by Gasteiger charge is -2.39. The molecule has 168 valence electrons. The first-order valence-corrected chi connectivity index (χ1v) is 11.8. The number of nitrogens with zero attached hydrogens (tertiary/aromatic N) is 4. The number of hydrogen-bond donors (Lipinski definition) is 0. The summed E-state index contributed by atoms with van der Waals surface area (Å²) in [6, 6.07) is 12.9. The molecule has 0 radical (unpaired) electrons. The van der Waals surface area contributed by atoms with Gasteiger partial charge in [0.25, 0.3) is 0 Å². The van der Waals surface area contributed by atoms with Gasteiger partial charge in [-0.1, -0.05) is 23.8 Å². The fraction of sp³-hybridized carbons (Fsp3) is 0.304. The Morgan fingerprint density at radius 3 is 2.44 bits per heavy atom. The van der Waals surface area contributed by atoms with Crippen LogP contribution in [0.4, 0.5) is 10.2 Å². The number of piperazine rings is 1. The molecular formula is C23H25FN4O3S. The molecule has 1 aliphatic rings. The first-order valence-electron chi connectivity index (χ1n) is 10.3. The molecule has 4 rings (SSSR count). The zero-order chi connectivity index (χ0) is 22.9. The summed E-state index contributed by atoms with van der Waals surface area (Å²) in [7, 11) is -3.58. The lowest BCUT2D eigenvalue weighted by Crippen LogP contribution is -2.54. The molecule has 3 aromatic rings. The number of benzene rings is 2. The number of aryl methyl sites for hydroxylation is 2. The van der Waals surface area contributed by atoms with Gasteiger partial charge in [-0.2, -0.15) is 4.31 Å². The second-order valence-electron chi connectivity index (χ2n) is 7.97. The van der Waals surface area contributed by atoms with Gasteiger partial charge < -0.3 is 9.64 Å².